The molecule has 0 saturated carbocycles. The van der Waals surface area contributed by atoms with Crippen molar-refractivity contribution in [2.24, 2.45) is 0 Å². The van der Waals surface area contributed by atoms with Gasteiger partial charge in [0.05, 0.1) is 16.2 Å². The van der Waals surface area contributed by atoms with Gasteiger partial charge in [0.2, 0.25) is 0 Å². The van der Waals surface area contributed by atoms with Gasteiger partial charge in [-0.05, 0) is 24.6 Å². The van der Waals surface area contributed by atoms with Crippen molar-refractivity contribution in [1.82, 2.24) is 4.98 Å². The van der Waals surface area contributed by atoms with Crippen LogP contribution in [0.1, 0.15) is 5.56 Å². The molecule has 1 aromatic heterocycles. The molecule has 0 saturated heterocycles. The van der Waals surface area contributed by atoms with Gasteiger partial charge in [0.15, 0.2) is 0 Å². The fourth-order valence-corrected chi connectivity index (χ4v) is 3.09. The number of hydrogen-bond donors (Lipinski definition) is 0. The minimum Gasteiger partial charge on any atom is -0.247 e. The van der Waals surface area contributed by atoms with Gasteiger partial charge in [-0.25, -0.2) is 4.98 Å². The van der Waals surface area contributed by atoms with Crippen LogP contribution in [-0.4, -0.2) is 4.98 Å². The maximum Gasteiger partial charge on any atom is 0.0765 e. The van der Waals surface area contributed by atoms with Gasteiger partial charge in [0, 0.05) is 15.4 Å². The van der Waals surface area contributed by atoms with Crippen molar-refractivity contribution in [2.75, 3.05) is 0 Å². The molecular formula is C16H11BrClN. The van der Waals surface area contributed by atoms with E-state index < -0.39 is 0 Å². The molecule has 1 heterocycles. The van der Waals surface area contributed by atoms with E-state index in [1.165, 1.54) is 0 Å². The van der Waals surface area contributed by atoms with Crippen LogP contribution in [0.15, 0.2) is 53.0 Å². The number of nitrogens with zero attached hydrogens (tertiary/aromatic N) is 1. The van der Waals surface area contributed by atoms with Gasteiger partial charge in [-0.1, -0.05) is 63.9 Å². The molecule has 3 rings (SSSR count). The molecule has 0 aliphatic heterocycles. The molecule has 0 spiro atoms. The minimum absolute atomic E-state index is 0.722. The third-order valence-corrected chi connectivity index (χ3v) is 4.09. The minimum atomic E-state index is 0.722. The standard InChI is InChI=1S/C16H11BrClN/c1-10-7-8-12(17)15-13(18)9-14(19-16(10)15)11-5-3-2-4-6-11/h2-9H,1H3. The summed E-state index contributed by atoms with van der Waals surface area (Å²) in [4.78, 5) is 4.75. The number of aryl methyl sites for hydroxylation is 1. The summed E-state index contributed by atoms with van der Waals surface area (Å²) in [5.74, 6) is 0. The SMILES string of the molecule is Cc1ccc(Br)c2c(Cl)cc(-c3ccccc3)nc12. The number of halogens is 2. The van der Waals surface area contributed by atoms with Crippen molar-refractivity contribution in [3.05, 3.63) is 63.6 Å². The molecule has 0 unspecified atom stereocenters. The fourth-order valence-electron chi connectivity index (χ4n) is 2.14. The average Bonchev–Trinajstić information content (AvgIpc) is 2.43. The van der Waals surface area contributed by atoms with Crippen LogP contribution in [0.5, 0.6) is 0 Å². The maximum absolute atomic E-state index is 6.42. The Kier molecular flexibility index (Phi) is 3.29. The van der Waals surface area contributed by atoms with E-state index >= 15 is 0 Å². The van der Waals surface area contributed by atoms with Crippen LogP contribution in [0.2, 0.25) is 5.02 Å². The second-order valence-corrected chi connectivity index (χ2v) is 5.70. The summed E-state index contributed by atoms with van der Waals surface area (Å²) in [6.45, 7) is 2.05. The molecule has 0 radical (unpaired) electrons. The van der Waals surface area contributed by atoms with E-state index in [9.17, 15) is 0 Å². The average molecular weight is 333 g/mol. The van der Waals surface area contributed by atoms with Crippen molar-refractivity contribution in [3.63, 3.8) is 0 Å². The summed E-state index contributed by atoms with van der Waals surface area (Å²) in [5.41, 5.74) is 4.04. The third kappa shape index (κ3) is 2.26. The van der Waals surface area contributed by atoms with Crippen molar-refractivity contribution in [3.8, 4) is 11.3 Å². The second-order valence-electron chi connectivity index (χ2n) is 4.44. The van der Waals surface area contributed by atoms with Crippen molar-refractivity contribution in [1.29, 1.82) is 0 Å². The largest absolute Gasteiger partial charge is 0.247 e. The Hall–Kier alpha value is -1.38. The molecule has 0 aliphatic carbocycles. The van der Waals surface area contributed by atoms with Gasteiger partial charge in [0.25, 0.3) is 0 Å². The van der Waals surface area contributed by atoms with Gasteiger partial charge in [-0.2, -0.15) is 0 Å². The summed E-state index contributed by atoms with van der Waals surface area (Å²) < 4.78 is 0.977. The fraction of sp³-hybridized carbons (Fsp3) is 0.0625. The zero-order valence-corrected chi connectivity index (χ0v) is 12.7. The highest BCUT2D eigenvalue weighted by Gasteiger charge is 2.10. The molecule has 0 atom stereocenters. The van der Waals surface area contributed by atoms with Crippen LogP contribution in [0, 0.1) is 6.92 Å². The first-order valence-corrected chi connectivity index (χ1v) is 7.14. The lowest BCUT2D eigenvalue weighted by atomic mass is 10.1. The number of benzene rings is 2. The molecule has 3 heteroatoms. The summed E-state index contributed by atoms with van der Waals surface area (Å²) in [7, 11) is 0. The summed E-state index contributed by atoms with van der Waals surface area (Å²) >= 11 is 9.96. The molecule has 0 aliphatic rings. The number of fused-ring (bicyclic) bond motifs is 1. The van der Waals surface area contributed by atoms with E-state index in [0.717, 1.165) is 37.2 Å². The highest BCUT2D eigenvalue weighted by molar-refractivity contribution is 9.10. The van der Waals surface area contributed by atoms with E-state index in [1.54, 1.807) is 0 Å². The molecule has 2 aromatic carbocycles. The monoisotopic (exact) mass is 331 g/mol. The zero-order valence-electron chi connectivity index (χ0n) is 10.3. The molecular weight excluding hydrogens is 322 g/mol. The van der Waals surface area contributed by atoms with Crippen LogP contribution >= 0.6 is 27.5 Å². The lowest BCUT2D eigenvalue weighted by Crippen LogP contribution is -1.90. The molecule has 0 amide bonds. The Balaban J connectivity index is 2.34. The Morgan fingerprint density at radius 1 is 1.05 bits per heavy atom. The Morgan fingerprint density at radius 2 is 1.79 bits per heavy atom. The molecule has 0 fully saturated rings. The predicted molar refractivity (Wildman–Crippen MR) is 84.6 cm³/mol. The molecule has 94 valence electrons. The molecule has 3 aromatic rings. The van der Waals surface area contributed by atoms with Crippen molar-refractivity contribution >= 4 is 38.4 Å². The quantitative estimate of drug-likeness (QED) is 0.563. The Morgan fingerprint density at radius 3 is 2.53 bits per heavy atom. The maximum atomic E-state index is 6.42. The number of pyridine rings is 1. The third-order valence-electron chi connectivity index (χ3n) is 3.13. The lowest BCUT2D eigenvalue weighted by molar-refractivity contribution is 1.36. The molecule has 1 nitrogen and oxygen atoms in total. The van der Waals surface area contributed by atoms with E-state index in [0.29, 0.717) is 0 Å². The van der Waals surface area contributed by atoms with Gasteiger partial charge < -0.3 is 0 Å². The van der Waals surface area contributed by atoms with Crippen LogP contribution in [0.25, 0.3) is 22.2 Å². The molecule has 19 heavy (non-hydrogen) atoms. The lowest BCUT2D eigenvalue weighted by Gasteiger charge is -2.09. The van der Waals surface area contributed by atoms with E-state index in [2.05, 4.69) is 15.9 Å². The predicted octanol–water partition coefficient (Wildman–Crippen LogP) is 5.63. The van der Waals surface area contributed by atoms with E-state index in [4.69, 9.17) is 16.6 Å². The first-order valence-electron chi connectivity index (χ1n) is 5.97. The Bertz CT molecular complexity index is 754. The first kappa shape index (κ1) is 12.6. The number of hydrogen-bond acceptors (Lipinski definition) is 1. The second kappa shape index (κ2) is 4.95. The topological polar surface area (TPSA) is 12.9 Å². The van der Waals surface area contributed by atoms with E-state index in [-0.39, 0.29) is 0 Å². The summed E-state index contributed by atoms with van der Waals surface area (Å²) in [6, 6.07) is 16.1. The zero-order chi connectivity index (χ0) is 13.4. The smallest absolute Gasteiger partial charge is 0.0765 e. The van der Waals surface area contributed by atoms with Crippen molar-refractivity contribution in [2.45, 2.75) is 6.92 Å². The molecule has 0 N–H and O–H groups in total. The normalized spacial score (nSPS) is 10.9. The van der Waals surface area contributed by atoms with Crippen LogP contribution in [0.3, 0.4) is 0 Å². The van der Waals surface area contributed by atoms with Gasteiger partial charge in [0.1, 0.15) is 0 Å². The Labute approximate surface area is 125 Å². The van der Waals surface area contributed by atoms with Gasteiger partial charge in [-0.15, -0.1) is 0 Å². The van der Waals surface area contributed by atoms with Crippen LogP contribution < -0.4 is 0 Å². The molecule has 0 bridgehead atoms. The van der Waals surface area contributed by atoms with Gasteiger partial charge >= 0.3 is 0 Å². The van der Waals surface area contributed by atoms with E-state index in [1.807, 2.05) is 55.5 Å². The number of aromatic nitrogens is 1. The number of rotatable bonds is 1. The van der Waals surface area contributed by atoms with Crippen LogP contribution in [-0.2, 0) is 0 Å². The van der Waals surface area contributed by atoms with Gasteiger partial charge in [-0.3, -0.25) is 0 Å². The summed E-state index contributed by atoms with van der Waals surface area (Å²) in [6.07, 6.45) is 0. The van der Waals surface area contributed by atoms with Crippen molar-refractivity contribution < 1.29 is 0 Å². The highest BCUT2D eigenvalue weighted by Crippen LogP contribution is 2.34. The summed E-state index contributed by atoms with van der Waals surface area (Å²) in [5, 5.41) is 1.70. The van der Waals surface area contributed by atoms with Crippen LogP contribution in [0.4, 0.5) is 0 Å². The highest BCUT2D eigenvalue weighted by atomic mass is 79.9. The first-order chi connectivity index (χ1) is 9.16.